The fourth-order valence-electron chi connectivity index (χ4n) is 5.32. The van der Waals surface area contributed by atoms with E-state index in [1.54, 1.807) is 6.92 Å². The van der Waals surface area contributed by atoms with E-state index in [4.69, 9.17) is 4.74 Å². The standard InChI is InChI=1S/C21H35NO3Si/c1-10-25-20(24)21(12-22)11-16(8)17(9)18(19(21)23)26(13(2)3,14(4)5)15(6)7/h13-16H,10-11H2,1-9H3/t16-,21+/m0/s1. The highest BCUT2D eigenvalue weighted by Gasteiger charge is 2.59. The molecule has 0 heterocycles. The number of Topliss-reactive ketones (excluding diaryl/α,β-unsaturated/α-hetero) is 1. The number of rotatable bonds is 6. The zero-order chi connectivity index (χ0) is 20.4. The Bertz CT molecular complexity index is 620. The fraction of sp³-hybridized carbons (Fsp3) is 0.762. The molecule has 0 unspecified atom stereocenters. The van der Waals surface area contributed by atoms with E-state index in [2.05, 4.69) is 47.6 Å². The molecule has 1 rings (SSSR count). The van der Waals surface area contributed by atoms with Crippen LogP contribution in [0.5, 0.6) is 0 Å². The molecule has 4 nitrogen and oxygen atoms in total. The number of allylic oxidation sites excluding steroid dienone is 2. The minimum absolute atomic E-state index is 0.00915. The molecule has 0 aromatic rings. The molecule has 0 bridgehead atoms. The highest BCUT2D eigenvalue weighted by molar-refractivity contribution is 6.93. The van der Waals surface area contributed by atoms with Gasteiger partial charge in [-0.3, -0.25) is 4.79 Å². The molecular weight excluding hydrogens is 342 g/mol. The average molecular weight is 378 g/mol. The van der Waals surface area contributed by atoms with E-state index < -0.39 is 19.5 Å². The van der Waals surface area contributed by atoms with Gasteiger partial charge >= 0.3 is 5.97 Å². The lowest BCUT2D eigenvalue weighted by Gasteiger charge is -2.49. The average Bonchev–Trinajstić information content (AvgIpc) is 2.53. The molecular formula is C21H35NO3Si. The summed E-state index contributed by atoms with van der Waals surface area (Å²) in [5.74, 6) is -0.949. The van der Waals surface area contributed by atoms with Gasteiger partial charge in [0.1, 0.15) is 0 Å². The third kappa shape index (κ3) is 3.17. The van der Waals surface area contributed by atoms with E-state index in [9.17, 15) is 14.9 Å². The summed E-state index contributed by atoms with van der Waals surface area (Å²) in [5, 5.41) is 10.8. The minimum Gasteiger partial charge on any atom is -0.464 e. The van der Waals surface area contributed by atoms with Crippen molar-refractivity contribution in [1.82, 2.24) is 0 Å². The van der Waals surface area contributed by atoms with Gasteiger partial charge in [0.25, 0.3) is 0 Å². The normalized spacial score (nSPS) is 24.4. The lowest BCUT2D eigenvalue weighted by molar-refractivity contribution is -0.156. The van der Waals surface area contributed by atoms with Crippen molar-refractivity contribution in [2.75, 3.05) is 6.61 Å². The maximum atomic E-state index is 13.8. The lowest BCUT2D eigenvalue weighted by Crippen LogP contribution is -2.56. The van der Waals surface area contributed by atoms with Crippen molar-refractivity contribution in [2.24, 2.45) is 11.3 Å². The van der Waals surface area contributed by atoms with Gasteiger partial charge in [0.05, 0.1) is 20.7 Å². The van der Waals surface area contributed by atoms with Gasteiger partial charge in [0.15, 0.2) is 5.78 Å². The first-order valence-corrected chi connectivity index (χ1v) is 12.0. The Morgan fingerprint density at radius 3 is 2.04 bits per heavy atom. The number of carbonyl (C=O) groups is 2. The molecule has 1 aliphatic rings. The smallest absolute Gasteiger partial charge is 0.334 e. The molecule has 0 spiro atoms. The largest absolute Gasteiger partial charge is 0.464 e. The molecule has 2 atom stereocenters. The summed E-state index contributed by atoms with van der Waals surface area (Å²) < 4.78 is 5.18. The lowest BCUT2D eigenvalue weighted by atomic mass is 9.70. The summed E-state index contributed by atoms with van der Waals surface area (Å²) in [5.41, 5.74) is 0.384. The minimum atomic E-state index is -2.30. The molecule has 26 heavy (non-hydrogen) atoms. The van der Waals surface area contributed by atoms with Gasteiger partial charge in [0, 0.05) is 0 Å². The predicted octanol–water partition coefficient (Wildman–Crippen LogP) is 5.20. The van der Waals surface area contributed by atoms with E-state index >= 15 is 0 Å². The van der Waals surface area contributed by atoms with Crippen LogP contribution in [0.4, 0.5) is 0 Å². The third-order valence-electron chi connectivity index (χ3n) is 6.47. The highest BCUT2D eigenvalue weighted by atomic mass is 28.3. The van der Waals surface area contributed by atoms with Gasteiger partial charge in [-0.1, -0.05) is 54.0 Å². The Morgan fingerprint density at radius 2 is 1.69 bits per heavy atom. The van der Waals surface area contributed by atoms with Crippen LogP contribution in [0.1, 0.15) is 68.7 Å². The number of hydrogen-bond donors (Lipinski definition) is 0. The molecule has 0 fully saturated rings. The van der Waals surface area contributed by atoms with Crippen LogP contribution in [0.15, 0.2) is 10.8 Å². The van der Waals surface area contributed by atoms with Crippen LogP contribution >= 0.6 is 0 Å². The van der Waals surface area contributed by atoms with Gasteiger partial charge in [0.2, 0.25) is 5.41 Å². The molecule has 5 heteroatoms. The highest BCUT2D eigenvalue weighted by Crippen LogP contribution is 2.53. The van der Waals surface area contributed by atoms with Crippen LogP contribution in [-0.2, 0) is 14.3 Å². The Morgan fingerprint density at radius 1 is 1.23 bits per heavy atom. The molecule has 0 N–H and O–H groups in total. The molecule has 0 aromatic heterocycles. The van der Waals surface area contributed by atoms with Crippen molar-refractivity contribution in [2.45, 2.75) is 85.4 Å². The second-order valence-electron chi connectivity index (χ2n) is 8.63. The van der Waals surface area contributed by atoms with E-state index in [-0.39, 0.29) is 24.7 Å². The van der Waals surface area contributed by atoms with Crippen molar-refractivity contribution in [3.63, 3.8) is 0 Å². The quantitative estimate of drug-likeness (QED) is 0.362. The van der Waals surface area contributed by atoms with Crippen LogP contribution in [0.2, 0.25) is 16.6 Å². The van der Waals surface area contributed by atoms with Gasteiger partial charge in [-0.15, -0.1) is 0 Å². The maximum Gasteiger partial charge on any atom is 0.334 e. The molecule has 0 saturated carbocycles. The van der Waals surface area contributed by atoms with E-state index in [0.717, 1.165) is 10.8 Å². The van der Waals surface area contributed by atoms with E-state index in [1.165, 1.54) is 0 Å². The summed E-state index contributed by atoms with van der Waals surface area (Å²) in [4.78, 5) is 26.5. The summed E-state index contributed by atoms with van der Waals surface area (Å²) in [6, 6.07) is 2.09. The molecule has 0 aromatic carbocycles. The number of ether oxygens (including phenoxy) is 1. The molecule has 0 saturated heterocycles. The number of esters is 1. The SMILES string of the molecule is CCOC(=O)[C@@]1(C#N)C[C@H](C)C(C)=C([Si](C(C)C)(C(C)C)C(C)C)C1=O. The number of nitrogens with zero attached hydrogens (tertiary/aromatic N) is 1. The zero-order valence-corrected chi connectivity index (χ0v) is 18.9. The second-order valence-corrected chi connectivity index (χ2v) is 14.5. The monoisotopic (exact) mass is 377 g/mol. The third-order valence-corrected chi connectivity index (χ3v) is 13.7. The Balaban J connectivity index is 3.82. The molecule has 0 aliphatic heterocycles. The summed E-state index contributed by atoms with van der Waals surface area (Å²) in [6.45, 7) is 19.1. The van der Waals surface area contributed by atoms with Crippen LogP contribution in [0, 0.1) is 22.7 Å². The topological polar surface area (TPSA) is 67.2 Å². The number of carbonyl (C=O) groups excluding carboxylic acids is 2. The van der Waals surface area contributed by atoms with Crippen molar-refractivity contribution >= 4 is 19.8 Å². The van der Waals surface area contributed by atoms with Gasteiger partial charge in [-0.2, -0.15) is 5.26 Å². The molecule has 0 amide bonds. The predicted molar refractivity (Wildman–Crippen MR) is 107 cm³/mol. The van der Waals surface area contributed by atoms with E-state index in [1.807, 2.05) is 13.8 Å². The van der Waals surface area contributed by atoms with Crippen LogP contribution < -0.4 is 0 Å². The van der Waals surface area contributed by atoms with Gasteiger partial charge in [-0.25, -0.2) is 4.79 Å². The first kappa shape index (κ1) is 22.6. The first-order chi connectivity index (χ1) is 11.9. The Hall–Kier alpha value is -1.41. The Kier molecular flexibility index (Phi) is 7.03. The fourth-order valence-corrected chi connectivity index (χ4v) is 12.6. The zero-order valence-electron chi connectivity index (χ0n) is 17.9. The first-order valence-electron chi connectivity index (χ1n) is 9.79. The van der Waals surface area contributed by atoms with Crippen molar-refractivity contribution in [3.8, 4) is 6.07 Å². The number of ketones is 1. The Labute approximate surface area is 160 Å². The van der Waals surface area contributed by atoms with Crippen molar-refractivity contribution < 1.29 is 14.3 Å². The van der Waals surface area contributed by atoms with Crippen LogP contribution in [0.3, 0.4) is 0 Å². The summed E-state index contributed by atoms with van der Waals surface area (Å²) >= 11 is 0. The van der Waals surface area contributed by atoms with Crippen LogP contribution in [0.25, 0.3) is 0 Å². The van der Waals surface area contributed by atoms with Crippen molar-refractivity contribution in [3.05, 3.63) is 10.8 Å². The summed E-state index contributed by atoms with van der Waals surface area (Å²) in [6.07, 6.45) is 0.218. The number of nitriles is 1. The molecule has 1 aliphatic carbocycles. The summed E-state index contributed by atoms with van der Waals surface area (Å²) in [7, 11) is -2.30. The second kappa shape index (κ2) is 8.08. The van der Waals surface area contributed by atoms with Crippen LogP contribution in [-0.4, -0.2) is 26.4 Å². The van der Waals surface area contributed by atoms with Gasteiger partial charge < -0.3 is 4.74 Å². The van der Waals surface area contributed by atoms with Crippen molar-refractivity contribution in [1.29, 1.82) is 5.26 Å². The maximum absolute atomic E-state index is 13.8. The molecule has 0 radical (unpaired) electrons. The molecule has 146 valence electrons. The van der Waals surface area contributed by atoms with Gasteiger partial charge in [-0.05, 0) is 48.0 Å². The van der Waals surface area contributed by atoms with E-state index in [0.29, 0.717) is 16.6 Å². The number of hydrogen-bond acceptors (Lipinski definition) is 4.